The third-order valence-electron chi connectivity index (χ3n) is 3.21. The summed E-state index contributed by atoms with van der Waals surface area (Å²) in [5.41, 5.74) is 2.18. The monoisotopic (exact) mass is 233 g/mol. The first-order valence-electron chi connectivity index (χ1n) is 6.02. The Bertz CT molecular complexity index is 397. The van der Waals surface area contributed by atoms with Crippen LogP contribution in [-0.2, 0) is 4.79 Å². The molecule has 3 N–H and O–H groups in total. The molecular weight excluding hydrogens is 214 g/mol. The van der Waals surface area contributed by atoms with Crippen molar-refractivity contribution in [2.45, 2.75) is 25.7 Å². The van der Waals surface area contributed by atoms with Crippen LogP contribution in [0.1, 0.15) is 31.2 Å². The minimum atomic E-state index is -0.0288. The first kappa shape index (κ1) is 12.1. The molecule has 0 aliphatic carbocycles. The molecule has 0 bridgehead atoms. The van der Waals surface area contributed by atoms with Crippen LogP contribution in [0.15, 0.2) is 24.3 Å². The van der Waals surface area contributed by atoms with Crippen LogP contribution in [0.3, 0.4) is 0 Å². The number of carbonyl (C=O) groups excluding carboxylic acids is 1. The van der Waals surface area contributed by atoms with Crippen molar-refractivity contribution in [2.75, 3.05) is 18.4 Å². The molecule has 1 aromatic rings. The standard InChI is InChI=1S/C13H19N3O/c1-10(17)15-13-4-2-3-12(9-13)11-5-7-16(14)8-6-11/h2-4,9,11H,5-8,14H2,1H3,(H,15,17). The zero-order chi connectivity index (χ0) is 12.3. The largest absolute Gasteiger partial charge is 0.326 e. The summed E-state index contributed by atoms with van der Waals surface area (Å²) in [6.07, 6.45) is 2.17. The number of nitrogens with one attached hydrogen (secondary N) is 1. The average Bonchev–Trinajstić information content (AvgIpc) is 2.29. The smallest absolute Gasteiger partial charge is 0.221 e. The molecule has 1 aliphatic heterocycles. The number of anilines is 1. The SMILES string of the molecule is CC(=O)Nc1cccc(C2CCN(N)CC2)c1. The molecule has 1 amide bonds. The van der Waals surface area contributed by atoms with Gasteiger partial charge in [0.05, 0.1) is 0 Å². The molecule has 4 nitrogen and oxygen atoms in total. The highest BCUT2D eigenvalue weighted by Gasteiger charge is 2.18. The summed E-state index contributed by atoms with van der Waals surface area (Å²) in [5, 5.41) is 4.69. The number of benzene rings is 1. The second-order valence-electron chi connectivity index (χ2n) is 4.62. The van der Waals surface area contributed by atoms with Gasteiger partial charge in [-0.2, -0.15) is 0 Å². The van der Waals surface area contributed by atoms with Gasteiger partial charge >= 0.3 is 0 Å². The number of nitrogens with two attached hydrogens (primary N) is 1. The molecule has 0 spiro atoms. The van der Waals surface area contributed by atoms with Gasteiger partial charge in [0.2, 0.25) is 5.91 Å². The molecule has 0 radical (unpaired) electrons. The Hall–Kier alpha value is -1.39. The summed E-state index contributed by atoms with van der Waals surface area (Å²) in [7, 11) is 0. The van der Waals surface area contributed by atoms with E-state index in [-0.39, 0.29) is 5.91 Å². The molecule has 0 aromatic heterocycles. The van der Waals surface area contributed by atoms with Crippen LogP contribution in [-0.4, -0.2) is 24.0 Å². The highest BCUT2D eigenvalue weighted by molar-refractivity contribution is 5.88. The lowest BCUT2D eigenvalue weighted by molar-refractivity contribution is -0.114. The van der Waals surface area contributed by atoms with E-state index in [1.54, 1.807) is 0 Å². The van der Waals surface area contributed by atoms with Crippen LogP contribution >= 0.6 is 0 Å². The lowest BCUT2D eigenvalue weighted by Gasteiger charge is -2.28. The summed E-state index contributed by atoms with van der Waals surface area (Å²) >= 11 is 0. The number of rotatable bonds is 2. The molecule has 17 heavy (non-hydrogen) atoms. The number of hydrazine groups is 1. The van der Waals surface area contributed by atoms with Gasteiger partial charge in [0, 0.05) is 25.7 Å². The lowest BCUT2D eigenvalue weighted by atomic mass is 9.90. The van der Waals surface area contributed by atoms with Gasteiger partial charge in [-0.3, -0.25) is 10.6 Å². The maximum Gasteiger partial charge on any atom is 0.221 e. The number of amides is 1. The van der Waals surface area contributed by atoms with E-state index in [0.29, 0.717) is 5.92 Å². The van der Waals surface area contributed by atoms with Gasteiger partial charge in [0.25, 0.3) is 0 Å². The third-order valence-corrected chi connectivity index (χ3v) is 3.21. The molecule has 2 rings (SSSR count). The highest BCUT2D eigenvalue weighted by atomic mass is 16.1. The van der Waals surface area contributed by atoms with Crippen molar-refractivity contribution >= 4 is 11.6 Å². The molecule has 0 saturated carbocycles. The van der Waals surface area contributed by atoms with Gasteiger partial charge in [-0.05, 0) is 36.5 Å². The minimum Gasteiger partial charge on any atom is -0.326 e. The predicted octanol–water partition coefficient (Wildman–Crippen LogP) is 1.70. The van der Waals surface area contributed by atoms with Crippen molar-refractivity contribution in [1.82, 2.24) is 5.01 Å². The topological polar surface area (TPSA) is 58.4 Å². The second kappa shape index (κ2) is 5.29. The van der Waals surface area contributed by atoms with Crippen LogP contribution in [0.5, 0.6) is 0 Å². The van der Waals surface area contributed by atoms with Crippen LogP contribution in [0.2, 0.25) is 0 Å². The molecule has 1 saturated heterocycles. The van der Waals surface area contributed by atoms with E-state index >= 15 is 0 Å². The van der Waals surface area contributed by atoms with E-state index in [0.717, 1.165) is 31.6 Å². The fraction of sp³-hybridized carbons (Fsp3) is 0.462. The van der Waals surface area contributed by atoms with E-state index in [9.17, 15) is 4.79 Å². The Balaban J connectivity index is 2.07. The van der Waals surface area contributed by atoms with E-state index in [2.05, 4.69) is 17.4 Å². The fourth-order valence-electron chi connectivity index (χ4n) is 2.31. The summed E-state index contributed by atoms with van der Waals surface area (Å²) in [6, 6.07) is 8.11. The van der Waals surface area contributed by atoms with Crippen molar-refractivity contribution in [1.29, 1.82) is 0 Å². The van der Waals surface area contributed by atoms with Gasteiger partial charge < -0.3 is 5.32 Å². The number of piperidine rings is 1. The molecule has 92 valence electrons. The van der Waals surface area contributed by atoms with Crippen molar-refractivity contribution in [3.63, 3.8) is 0 Å². The molecule has 0 atom stereocenters. The van der Waals surface area contributed by atoms with Crippen molar-refractivity contribution in [3.8, 4) is 0 Å². The third kappa shape index (κ3) is 3.28. The summed E-state index contributed by atoms with van der Waals surface area (Å²) in [6.45, 7) is 3.41. The lowest BCUT2D eigenvalue weighted by Crippen LogP contribution is -2.38. The molecule has 1 aromatic carbocycles. The first-order chi connectivity index (χ1) is 8.15. The summed E-state index contributed by atoms with van der Waals surface area (Å²) in [4.78, 5) is 11.0. The summed E-state index contributed by atoms with van der Waals surface area (Å²) < 4.78 is 0. The minimum absolute atomic E-state index is 0.0288. The van der Waals surface area contributed by atoms with Gasteiger partial charge in [-0.1, -0.05) is 12.1 Å². The Morgan fingerprint density at radius 3 is 2.76 bits per heavy atom. The number of nitrogens with zero attached hydrogens (tertiary/aromatic N) is 1. The quantitative estimate of drug-likeness (QED) is 0.764. The Morgan fingerprint density at radius 1 is 1.41 bits per heavy atom. The Labute approximate surface area is 102 Å². The second-order valence-corrected chi connectivity index (χ2v) is 4.62. The molecule has 0 unspecified atom stereocenters. The van der Waals surface area contributed by atoms with E-state index in [4.69, 9.17) is 5.84 Å². The van der Waals surface area contributed by atoms with E-state index in [1.807, 2.05) is 17.1 Å². The van der Waals surface area contributed by atoms with Gasteiger partial charge in [0.15, 0.2) is 0 Å². The molecule has 1 aliphatic rings. The molecule has 1 heterocycles. The van der Waals surface area contributed by atoms with Crippen LogP contribution in [0, 0.1) is 0 Å². The van der Waals surface area contributed by atoms with Gasteiger partial charge in [-0.25, -0.2) is 5.01 Å². The maximum absolute atomic E-state index is 11.0. The zero-order valence-corrected chi connectivity index (χ0v) is 10.1. The van der Waals surface area contributed by atoms with Crippen LogP contribution < -0.4 is 11.2 Å². The fourth-order valence-corrected chi connectivity index (χ4v) is 2.31. The van der Waals surface area contributed by atoms with Gasteiger partial charge in [0.1, 0.15) is 0 Å². The molecule has 1 fully saturated rings. The zero-order valence-electron chi connectivity index (χ0n) is 10.1. The average molecular weight is 233 g/mol. The van der Waals surface area contributed by atoms with Crippen LogP contribution in [0.25, 0.3) is 0 Å². The number of carbonyl (C=O) groups is 1. The van der Waals surface area contributed by atoms with Crippen molar-refractivity contribution in [2.24, 2.45) is 5.84 Å². The predicted molar refractivity (Wildman–Crippen MR) is 68.5 cm³/mol. The maximum atomic E-state index is 11.0. The molecular formula is C13H19N3O. The van der Waals surface area contributed by atoms with Gasteiger partial charge in [-0.15, -0.1) is 0 Å². The first-order valence-corrected chi connectivity index (χ1v) is 6.02. The number of hydrogen-bond acceptors (Lipinski definition) is 3. The summed E-state index contributed by atoms with van der Waals surface area (Å²) in [5.74, 6) is 6.28. The highest BCUT2D eigenvalue weighted by Crippen LogP contribution is 2.28. The number of hydrogen-bond donors (Lipinski definition) is 2. The normalized spacial score (nSPS) is 18.0. The molecule has 4 heteroatoms. The van der Waals surface area contributed by atoms with Crippen molar-refractivity contribution < 1.29 is 4.79 Å². The van der Waals surface area contributed by atoms with Crippen molar-refractivity contribution in [3.05, 3.63) is 29.8 Å². The van der Waals surface area contributed by atoms with Crippen LogP contribution in [0.4, 0.5) is 5.69 Å². The Kier molecular flexibility index (Phi) is 3.76. The Morgan fingerprint density at radius 2 is 2.12 bits per heavy atom. The van der Waals surface area contributed by atoms with E-state index in [1.165, 1.54) is 12.5 Å². The van der Waals surface area contributed by atoms with E-state index < -0.39 is 0 Å².